The molecule has 0 aliphatic carbocycles. The Morgan fingerprint density at radius 3 is 2.68 bits per heavy atom. The molecule has 2 rings (SSSR count). The average molecular weight is 268 g/mol. The number of hydrogen-bond donors (Lipinski definition) is 1. The third-order valence-corrected chi connectivity index (χ3v) is 5.25. The Bertz CT molecular complexity index is 262. The second-order valence-electron chi connectivity index (χ2n) is 7.34. The molecule has 112 valence electrons. The maximum absolute atomic E-state index is 6.31. The van der Waals surface area contributed by atoms with E-state index >= 15 is 0 Å². The topological polar surface area (TPSA) is 13.7 Å². The second-order valence-corrected chi connectivity index (χ2v) is 7.34. The Morgan fingerprint density at radius 1 is 1.11 bits per heavy atom. The number of ether oxygens (including phenoxy) is 1. The standard InChI is InChI=1S/C17H33NO/c1-4-5-11-17(2,3)19-14-15-9-8-13-18-12-7-6-10-16(15)18/h15-16H,4-14H2,1-3H3/p+1/t15-,16-/m1/s1. The smallest absolute Gasteiger partial charge is 0.0925 e. The van der Waals surface area contributed by atoms with E-state index in [1.54, 1.807) is 0 Å². The van der Waals surface area contributed by atoms with Gasteiger partial charge in [-0.2, -0.15) is 0 Å². The van der Waals surface area contributed by atoms with Crippen LogP contribution >= 0.6 is 0 Å². The Balaban J connectivity index is 1.80. The Kier molecular flexibility index (Phi) is 5.70. The Morgan fingerprint density at radius 2 is 1.89 bits per heavy atom. The summed E-state index contributed by atoms with van der Waals surface area (Å²) in [5, 5.41) is 0. The zero-order valence-electron chi connectivity index (χ0n) is 13.3. The Hall–Kier alpha value is -0.0800. The molecule has 0 aromatic rings. The molecule has 1 unspecified atom stereocenters. The Labute approximate surface area is 119 Å². The third kappa shape index (κ3) is 4.46. The minimum Gasteiger partial charge on any atom is -0.375 e. The van der Waals surface area contributed by atoms with Crippen molar-refractivity contribution in [1.82, 2.24) is 0 Å². The number of quaternary nitrogens is 1. The molecule has 0 aromatic carbocycles. The SMILES string of the molecule is CCCCC(C)(C)OC[C@H]1CCC[NH+]2CCCC[C@H]12. The lowest BCUT2D eigenvalue weighted by molar-refractivity contribution is -0.940. The molecule has 2 heterocycles. The summed E-state index contributed by atoms with van der Waals surface area (Å²) in [6, 6.07) is 0.907. The van der Waals surface area contributed by atoms with Crippen molar-refractivity contribution >= 4 is 0 Å². The predicted octanol–water partition coefficient (Wildman–Crippen LogP) is 2.82. The average Bonchev–Trinajstić information content (AvgIpc) is 2.43. The first-order valence-electron chi connectivity index (χ1n) is 8.61. The normalized spacial score (nSPS) is 32.1. The summed E-state index contributed by atoms with van der Waals surface area (Å²) in [5.74, 6) is 0.824. The van der Waals surface area contributed by atoms with Crippen LogP contribution in [0, 0.1) is 5.92 Å². The molecule has 0 radical (unpaired) electrons. The van der Waals surface area contributed by atoms with E-state index in [1.807, 2.05) is 4.90 Å². The second kappa shape index (κ2) is 7.08. The van der Waals surface area contributed by atoms with Crippen LogP contribution in [0.5, 0.6) is 0 Å². The first kappa shape index (κ1) is 15.3. The van der Waals surface area contributed by atoms with E-state index in [0.29, 0.717) is 0 Å². The van der Waals surface area contributed by atoms with Gasteiger partial charge in [0.1, 0.15) is 0 Å². The molecule has 2 heteroatoms. The van der Waals surface area contributed by atoms with Crippen molar-refractivity contribution in [1.29, 1.82) is 0 Å². The highest BCUT2D eigenvalue weighted by atomic mass is 16.5. The lowest BCUT2D eigenvalue weighted by Gasteiger charge is -2.42. The number of unbranched alkanes of at least 4 members (excludes halogenated alkanes) is 1. The minimum atomic E-state index is 0.0856. The van der Waals surface area contributed by atoms with E-state index in [-0.39, 0.29) is 5.60 Å². The van der Waals surface area contributed by atoms with Gasteiger partial charge in [-0.3, -0.25) is 0 Å². The van der Waals surface area contributed by atoms with Gasteiger partial charge in [0.15, 0.2) is 0 Å². The summed E-state index contributed by atoms with van der Waals surface area (Å²) in [7, 11) is 0. The molecule has 0 spiro atoms. The molecule has 0 aromatic heterocycles. The number of fused-ring (bicyclic) bond motifs is 1. The van der Waals surface area contributed by atoms with Crippen LogP contribution in [-0.2, 0) is 4.74 Å². The molecule has 2 fully saturated rings. The molecule has 19 heavy (non-hydrogen) atoms. The van der Waals surface area contributed by atoms with Crippen molar-refractivity contribution in [3.63, 3.8) is 0 Å². The van der Waals surface area contributed by atoms with E-state index in [4.69, 9.17) is 4.74 Å². The predicted molar refractivity (Wildman–Crippen MR) is 80.6 cm³/mol. The van der Waals surface area contributed by atoms with Gasteiger partial charge in [0, 0.05) is 5.92 Å². The zero-order valence-corrected chi connectivity index (χ0v) is 13.3. The zero-order chi connectivity index (χ0) is 13.7. The molecule has 2 aliphatic heterocycles. The van der Waals surface area contributed by atoms with Gasteiger partial charge in [-0.15, -0.1) is 0 Å². The van der Waals surface area contributed by atoms with Crippen LogP contribution in [0.1, 0.15) is 72.1 Å². The van der Waals surface area contributed by atoms with Gasteiger partial charge in [-0.1, -0.05) is 19.8 Å². The molecule has 2 saturated heterocycles. The van der Waals surface area contributed by atoms with Crippen LogP contribution in [0.3, 0.4) is 0 Å². The van der Waals surface area contributed by atoms with Crippen LogP contribution in [-0.4, -0.2) is 31.3 Å². The molecule has 2 nitrogen and oxygen atoms in total. The number of nitrogens with one attached hydrogen (secondary N) is 1. The van der Waals surface area contributed by atoms with Crippen molar-refractivity contribution in [2.45, 2.75) is 83.8 Å². The molecular weight excluding hydrogens is 234 g/mol. The van der Waals surface area contributed by atoms with E-state index in [2.05, 4.69) is 20.8 Å². The first-order valence-corrected chi connectivity index (χ1v) is 8.61. The van der Waals surface area contributed by atoms with E-state index in [0.717, 1.165) is 18.6 Å². The van der Waals surface area contributed by atoms with Gasteiger partial charge in [0.2, 0.25) is 0 Å². The van der Waals surface area contributed by atoms with Crippen LogP contribution in [0.4, 0.5) is 0 Å². The van der Waals surface area contributed by atoms with Gasteiger partial charge < -0.3 is 9.64 Å². The minimum absolute atomic E-state index is 0.0856. The first-order chi connectivity index (χ1) is 9.12. The van der Waals surface area contributed by atoms with E-state index in [9.17, 15) is 0 Å². The van der Waals surface area contributed by atoms with Crippen molar-refractivity contribution in [3.05, 3.63) is 0 Å². The van der Waals surface area contributed by atoms with Gasteiger partial charge >= 0.3 is 0 Å². The van der Waals surface area contributed by atoms with Gasteiger partial charge in [-0.25, -0.2) is 0 Å². The van der Waals surface area contributed by atoms with Gasteiger partial charge in [0.25, 0.3) is 0 Å². The molecule has 0 bridgehead atoms. The molecule has 1 N–H and O–H groups in total. The highest BCUT2D eigenvalue weighted by Crippen LogP contribution is 2.24. The van der Waals surface area contributed by atoms with Gasteiger partial charge in [-0.05, 0) is 52.4 Å². The molecule has 0 saturated carbocycles. The number of hydrogen-bond acceptors (Lipinski definition) is 1. The molecular formula is C17H34NO+. The van der Waals surface area contributed by atoms with Crippen LogP contribution < -0.4 is 4.90 Å². The lowest BCUT2D eigenvalue weighted by Crippen LogP contribution is -3.18. The van der Waals surface area contributed by atoms with Crippen molar-refractivity contribution in [2.24, 2.45) is 5.92 Å². The highest BCUT2D eigenvalue weighted by Gasteiger charge is 2.37. The summed E-state index contributed by atoms with van der Waals surface area (Å²) in [6.45, 7) is 10.7. The van der Waals surface area contributed by atoms with Crippen molar-refractivity contribution in [3.8, 4) is 0 Å². The summed E-state index contributed by atoms with van der Waals surface area (Å²) in [6.07, 6.45) is 10.9. The van der Waals surface area contributed by atoms with E-state index < -0.39 is 0 Å². The summed E-state index contributed by atoms with van der Waals surface area (Å²) in [5.41, 5.74) is 0.0856. The van der Waals surface area contributed by atoms with Gasteiger partial charge in [0.05, 0.1) is 31.3 Å². The fraction of sp³-hybridized carbons (Fsp3) is 1.00. The fourth-order valence-corrected chi connectivity index (χ4v) is 3.98. The van der Waals surface area contributed by atoms with Crippen LogP contribution in [0.25, 0.3) is 0 Å². The number of piperidine rings is 2. The monoisotopic (exact) mass is 268 g/mol. The summed E-state index contributed by atoms with van der Waals surface area (Å²) < 4.78 is 6.31. The maximum Gasteiger partial charge on any atom is 0.0925 e. The summed E-state index contributed by atoms with van der Waals surface area (Å²) >= 11 is 0. The highest BCUT2D eigenvalue weighted by molar-refractivity contribution is 4.77. The fourth-order valence-electron chi connectivity index (χ4n) is 3.98. The largest absolute Gasteiger partial charge is 0.375 e. The van der Waals surface area contributed by atoms with Crippen molar-refractivity contribution in [2.75, 3.05) is 19.7 Å². The number of rotatable bonds is 6. The van der Waals surface area contributed by atoms with Crippen molar-refractivity contribution < 1.29 is 9.64 Å². The lowest BCUT2D eigenvalue weighted by atomic mass is 9.84. The molecule has 2 aliphatic rings. The molecule has 3 atom stereocenters. The third-order valence-electron chi connectivity index (χ3n) is 5.25. The van der Waals surface area contributed by atoms with Crippen LogP contribution in [0.15, 0.2) is 0 Å². The molecule has 0 amide bonds. The maximum atomic E-state index is 6.31. The van der Waals surface area contributed by atoms with E-state index in [1.165, 1.54) is 64.5 Å². The quantitative estimate of drug-likeness (QED) is 0.782. The van der Waals surface area contributed by atoms with Crippen LogP contribution in [0.2, 0.25) is 0 Å². The summed E-state index contributed by atoms with van der Waals surface area (Å²) in [4.78, 5) is 1.89.